The summed E-state index contributed by atoms with van der Waals surface area (Å²) in [5.74, 6) is 1.08. The molecular weight excluding hydrogens is 445 g/mol. The van der Waals surface area contributed by atoms with Crippen LogP contribution in [0.1, 0.15) is 11.4 Å². The summed E-state index contributed by atoms with van der Waals surface area (Å²) in [5, 5.41) is 12.4. The van der Waals surface area contributed by atoms with Crippen LogP contribution in [-0.4, -0.2) is 31.4 Å². The molecule has 2 aromatic heterocycles. The monoisotopic (exact) mass is 463 g/mol. The van der Waals surface area contributed by atoms with Gasteiger partial charge in [0.1, 0.15) is 12.4 Å². The van der Waals surface area contributed by atoms with Gasteiger partial charge in [-0.05, 0) is 36.8 Å². The Morgan fingerprint density at radius 2 is 2.17 bits per heavy atom. The first-order valence-corrected chi connectivity index (χ1v) is 10.7. The van der Waals surface area contributed by atoms with Crippen molar-refractivity contribution < 1.29 is 9.53 Å². The predicted molar refractivity (Wildman–Crippen MR) is 119 cm³/mol. The molecule has 0 atom stereocenters. The van der Waals surface area contributed by atoms with Crippen LogP contribution in [-0.2, 0) is 17.9 Å². The van der Waals surface area contributed by atoms with Crippen LogP contribution in [0.3, 0.4) is 0 Å². The van der Waals surface area contributed by atoms with Crippen molar-refractivity contribution in [2.24, 2.45) is 0 Å². The molecule has 0 aliphatic carbocycles. The maximum atomic E-state index is 12.3. The lowest BCUT2D eigenvalue weighted by Crippen LogP contribution is -2.15. The van der Waals surface area contributed by atoms with Gasteiger partial charge in [0.2, 0.25) is 5.91 Å². The molecule has 0 radical (unpaired) electrons. The summed E-state index contributed by atoms with van der Waals surface area (Å²) < 4.78 is 7.66. The van der Waals surface area contributed by atoms with E-state index in [4.69, 9.17) is 27.9 Å². The summed E-state index contributed by atoms with van der Waals surface area (Å²) >= 11 is 13.4. The maximum Gasteiger partial charge on any atom is 0.234 e. The van der Waals surface area contributed by atoms with Gasteiger partial charge in [-0.25, -0.2) is 4.98 Å². The number of nitrogens with one attached hydrogen (secondary N) is 1. The van der Waals surface area contributed by atoms with Crippen LogP contribution in [0, 0.1) is 6.92 Å². The van der Waals surface area contributed by atoms with Gasteiger partial charge in [-0.3, -0.25) is 9.36 Å². The molecule has 0 unspecified atom stereocenters. The van der Waals surface area contributed by atoms with Crippen LogP contribution in [0.2, 0.25) is 10.2 Å². The Hall–Kier alpha value is -2.55. The van der Waals surface area contributed by atoms with Gasteiger partial charge in [-0.2, -0.15) is 0 Å². The number of aromatic nitrogens is 4. The van der Waals surface area contributed by atoms with Crippen molar-refractivity contribution >= 4 is 46.6 Å². The van der Waals surface area contributed by atoms with Gasteiger partial charge in [0.25, 0.3) is 0 Å². The highest BCUT2D eigenvalue weighted by Gasteiger charge is 2.15. The van der Waals surface area contributed by atoms with E-state index in [1.54, 1.807) is 30.5 Å². The number of amides is 1. The number of benzene rings is 1. The smallest absolute Gasteiger partial charge is 0.234 e. The number of hydrogen-bond donors (Lipinski definition) is 1. The quantitative estimate of drug-likeness (QED) is 0.279. The van der Waals surface area contributed by atoms with Crippen LogP contribution in [0.5, 0.6) is 5.75 Å². The molecule has 2 heterocycles. The molecule has 1 N–H and O–H groups in total. The lowest BCUT2D eigenvalue weighted by atomic mass is 10.2. The molecule has 156 valence electrons. The number of thioether (sulfide) groups is 1. The number of allylic oxidation sites excluding steroid dienone is 1. The summed E-state index contributed by atoms with van der Waals surface area (Å²) in [5.41, 5.74) is 1.50. The van der Waals surface area contributed by atoms with E-state index in [-0.39, 0.29) is 23.4 Å². The molecule has 3 rings (SSSR count). The molecule has 30 heavy (non-hydrogen) atoms. The van der Waals surface area contributed by atoms with Crippen LogP contribution in [0.4, 0.5) is 5.69 Å². The van der Waals surface area contributed by atoms with Crippen molar-refractivity contribution in [3.63, 3.8) is 0 Å². The van der Waals surface area contributed by atoms with Crippen molar-refractivity contribution in [2.75, 3.05) is 11.1 Å². The average Bonchev–Trinajstić information content (AvgIpc) is 3.11. The maximum absolute atomic E-state index is 12.3. The van der Waals surface area contributed by atoms with E-state index in [1.165, 1.54) is 11.8 Å². The van der Waals surface area contributed by atoms with E-state index >= 15 is 0 Å². The number of pyridine rings is 1. The number of aryl methyl sites for hydroxylation is 1. The fraction of sp³-hybridized carbons (Fsp3) is 0.200. The molecule has 0 aliphatic rings. The number of anilines is 1. The van der Waals surface area contributed by atoms with Crippen molar-refractivity contribution in [3.05, 3.63) is 70.7 Å². The van der Waals surface area contributed by atoms with Crippen molar-refractivity contribution in [1.82, 2.24) is 19.7 Å². The Morgan fingerprint density at radius 3 is 2.93 bits per heavy atom. The van der Waals surface area contributed by atoms with Gasteiger partial charge in [0.05, 0.1) is 16.5 Å². The van der Waals surface area contributed by atoms with Crippen LogP contribution in [0.25, 0.3) is 0 Å². The highest BCUT2D eigenvalue weighted by Crippen LogP contribution is 2.26. The van der Waals surface area contributed by atoms with Gasteiger partial charge < -0.3 is 10.1 Å². The van der Waals surface area contributed by atoms with Crippen LogP contribution >= 0.6 is 35.0 Å². The third kappa shape index (κ3) is 5.75. The van der Waals surface area contributed by atoms with Gasteiger partial charge in [0.15, 0.2) is 16.1 Å². The Kier molecular flexibility index (Phi) is 7.73. The van der Waals surface area contributed by atoms with Gasteiger partial charge >= 0.3 is 0 Å². The molecule has 0 spiro atoms. The number of rotatable bonds is 9. The first kappa shape index (κ1) is 22.1. The summed E-state index contributed by atoms with van der Waals surface area (Å²) in [7, 11) is 0. The zero-order valence-corrected chi connectivity index (χ0v) is 18.5. The second kappa shape index (κ2) is 10.5. The highest BCUT2D eigenvalue weighted by atomic mass is 35.5. The zero-order chi connectivity index (χ0) is 21.5. The minimum atomic E-state index is -0.229. The number of carbonyl (C=O) groups is 1. The predicted octanol–water partition coefficient (Wildman–Crippen LogP) is 4.78. The van der Waals surface area contributed by atoms with Crippen molar-refractivity contribution in [1.29, 1.82) is 0 Å². The fourth-order valence-corrected chi connectivity index (χ4v) is 3.61. The molecule has 0 bridgehead atoms. The zero-order valence-electron chi connectivity index (χ0n) is 16.1. The minimum Gasteiger partial charge on any atom is -0.484 e. The number of nitrogens with zero attached hydrogens (tertiary/aromatic N) is 4. The van der Waals surface area contributed by atoms with E-state index in [2.05, 4.69) is 27.1 Å². The molecule has 10 heteroatoms. The second-order valence-electron chi connectivity index (χ2n) is 6.20. The Labute approximate surface area is 188 Å². The average molecular weight is 464 g/mol. The van der Waals surface area contributed by atoms with Crippen molar-refractivity contribution in [3.8, 4) is 5.75 Å². The normalized spacial score (nSPS) is 10.6. The van der Waals surface area contributed by atoms with Gasteiger partial charge in [0, 0.05) is 12.7 Å². The lowest BCUT2D eigenvalue weighted by Gasteiger charge is -2.11. The lowest BCUT2D eigenvalue weighted by molar-refractivity contribution is -0.113. The molecule has 0 fully saturated rings. The van der Waals surface area contributed by atoms with E-state index < -0.39 is 0 Å². The number of carbonyl (C=O) groups excluding carboxylic acids is 1. The summed E-state index contributed by atoms with van der Waals surface area (Å²) in [6, 6.07) is 8.94. The standard InChI is InChI=1S/C20H19Cl2N5O2S/c1-3-9-27-17(11-29-16-10-13(2)6-7-14(16)21)25-26-20(27)30-12-18(28)24-15-5-4-8-23-19(15)22/h3-8,10H,1,9,11-12H2,2H3,(H,24,28). The van der Waals surface area contributed by atoms with E-state index in [1.807, 2.05) is 23.6 Å². The van der Waals surface area contributed by atoms with Crippen LogP contribution in [0.15, 0.2) is 54.3 Å². The fourth-order valence-electron chi connectivity index (χ4n) is 2.50. The largest absolute Gasteiger partial charge is 0.484 e. The first-order chi connectivity index (χ1) is 14.5. The Balaban J connectivity index is 1.65. The van der Waals surface area contributed by atoms with E-state index in [9.17, 15) is 4.79 Å². The minimum absolute atomic E-state index is 0.130. The molecule has 0 aliphatic heterocycles. The SMILES string of the molecule is C=CCn1c(COc2cc(C)ccc2Cl)nnc1SCC(=O)Nc1cccnc1Cl. The topological polar surface area (TPSA) is 81.9 Å². The van der Waals surface area contributed by atoms with Gasteiger partial charge in [-0.1, -0.05) is 47.1 Å². The third-order valence-electron chi connectivity index (χ3n) is 3.91. The van der Waals surface area contributed by atoms with Gasteiger partial charge in [-0.15, -0.1) is 16.8 Å². The number of ether oxygens (including phenoxy) is 1. The first-order valence-electron chi connectivity index (χ1n) is 8.93. The molecule has 1 amide bonds. The summed E-state index contributed by atoms with van der Waals surface area (Å²) in [6.45, 7) is 6.39. The molecule has 0 saturated carbocycles. The Morgan fingerprint density at radius 1 is 1.33 bits per heavy atom. The third-order valence-corrected chi connectivity index (χ3v) is 5.49. The second-order valence-corrected chi connectivity index (χ2v) is 7.91. The van der Waals surface area contributed by atoms with E-state index in [0.29, 0.717) is 34.0 Å². The van der Waals surface area contributed by atoms with E-state index in [0.717, 1.165) is 5.56 Å². The molecular formula is C20H19Cl2N5O2S. The molecule has 7 nitrogen and oxygen atoms in total. The Bertz CT molecular complexity index is 1060. The number of halogens is 2. The van der Waals surface area contributed by atoms with Crippen LogP contribution < -0.4 is 10.1 Å². The molecule has 0 saturated heterocycles. The summed E-state index contributed by atoms with van der Waals surface area (Å²) in [6.07, 6.45) is 3.28. The molecule has 3 aromatic rings. The highest BCUT2D eigenvalue weighted by molar-refractivity contribution is 7.99. The molecule has 1 aromatic carbocycles. The summed E-state index contributed by atoms with van der Waals surface area (Å²) in [4.78, 5) is 16.2. The van der Waals surface area contributed by atoms with Crippen molar-refractivity contribution in [2.45, 2.75) is 25.2 Å². The number of hydrogen-bond acceptors (Lipinski definition) is 6.